The number of aromatic nitrogens is 1. The third-order valence-corrected chi connectivity index (χ3v) is 1.82. The summed E-state index contributed by atoms with van der Waals surface area (Å²) in [4.78, 5) is 24.2. The van der Waals surface area contributed by atoms with Crippen LogP contribution in [-0.4, -0.2) is 18.1 Å². The molecule has 1 aromatic rings. The van der Waals surface area contributed by atoms with Gasteiger partial charge in [0.05, 0.1) is 7.11 Å². The number of rotatable bonds is 2. The topological polar surface area (TPSA) is 82.9 Å². The Morgan fingerprint density at radius 1 is 1.62 bits per heavy atom. The number of carbonyl (C=O) groups is 1. The number of nitrogens with one attached hydrogen (secondary N) is 1. The van der Waals surface area contributed by atoms with Crippen molar-refractivity contribution >= 4 is 5.97 Å². The molecule has 0 saturated heterocycles. The Labute approximate surface area is 88.3 Å². The van der Waals surface area contributed by atoms with Crippen LogP contribution in [0.2, 0.25) is 0 Å². The fourth-order valence-corrected chi connectivity index (χ4v) is 1.09. The lowest BCUT2D eigenvalue weighted by molar-refractivity contribution is 0.0593. The number of H-pyrrole nitrogens is 1. The molecule has 0 bridgehead atoms. The number of ether oxygens (including phenoxy) is 1. The van der Waals surface area contributed by atoms with Gasteiger partial charge in [-0.3, -0.25) is 4.79 Å². The van der Waals surface area contributed by atoms with Gasteiger partial charge in [-0.2, -0.15) is 5.26 Å². The Kier molecular flexibility index (Phi) is 3.35. The fraction of sp³-hybridized carbons (Fsp3) is 0.222. The van der Waals surface area contributed by atoms with Gasteiger partial charge in [0.25, 0.3) is 12.0 Å². The van der Waals surface area contributed by atoms with Crippen LogP contribution >= 0.6 is 0 Å². The SMILES string of the molecule is COC(=O)c1cc(C(F)F)c(C#N)c(=O)[nH]1. The summed E-state index contributed by atoms with van der Waals surface area (Å²) in [5, 5.41) is 8.52. The van der Waals surface area contributed by atoms with E-state index in [0.717, 1.165) is 13.2 Å². The highest BCUT2D eigenvalue weighted by Crippen LogP contribution is 2.20. The van der Waals surface area contributed by atoms with E-state index in [9.17, 15) is 18.4 Å². The first-order chi connectivity index (χ1) is 7.51. The second-order valence-electron chi connectivity index (χ2n) is 2.75. The number of aromatic amines is 1. The van der Waals surface area contributed by atoms with E-state index in [0.29, 0.717) is 0 Å². The van der Waals surface area contributed by atoms with E-state index in [-0.39, 0.29) is 0 Å². The molecule has 16 heavy (non-hydrogen) atoms. The lowest BCUT2D eigenvalue weighted by Gasteiger charge is -2.04. The molecule has 1 aromatic heterocycles. The van der Waals surface area contributed by atoms with Crippen molar-refractivity contribution in [1.29, 1.82) is 5.26 Å². The van der Waals surface area contributed by atoms with E-state index in [1.54, 1.807) is 0 Å². The second-order valence-corrected chi connectivity index (χ2v) is 2.75. The molecule has 0 unspecified atom stereocenters. The van der Waals surface area contributed by atoms with E-state index in [1.165, 1.54) is 6.07 Å². The molecule has 0 spiro atoms. The van der Waals surface area contributed by atoms with Gasteiger partial charge in [-0.25, -0.2) is 13.6 Å². The van der Waals surface area contributed by atoms with Gasteiger partial charge in [0, 0.05) is 5.56 Å². The largest absolute Gasteiger partial charge is 0.464 e. The summed E-state index contributed by atoms with van der Waals surface area (Å²) in [5.41, 5.74) is -2.95. The maximum Gasteiger partial charge on any atom is 0.354 e. The fourth-order valence-electron chi connectivity index (χ4n) is 1.09. The Bertz CT molecular complexity index is 516. The molecule has 0 aliphatic carbocycles. The molecule has 0 amide bonds. The number of nitrogens with zero attached hydrogens (tertiary/aromatic N) is 1. The normalized spacial score (nSPS) is 9.94. The molecule has 0 radical (unpaired) electrons. The van der Waals surface area contributed by atoms with Crippen molar-refractivity contribution in [2.45, 2.75) is 6.43 Å². The van der Waals surface area contributed by atoms with Gasteiger partial charge in [-0.15, -0.1) is 0 Å². The lowest BCUT2D eigenvalue weighted by atomic mass is 10.1. The predicted molar refractivity (Wildman–Crippen MR) is 48.1 cm³/mol. The molecule has 84 valence electrons. The van der Waals surface area contributed by atoms with Gasteiger partial charge >= 0.3 is 5.97 Å². The Hall–Kier alpha value is -2.23. The summed E-state index contributed by atoms with van der Waals surface area (Å²) in [6, 6.07) is 2.09. The molecule has 1 rings (SSSR count). The van der Waals surface area contributed by atoms with Crippen LogP contribution in [0.15, 0.2) is 10.9 Å². The molecule has 0 atom stereocenters. The molecular weight excluding hydrogens is 222 g/mol. The zero-order valence-corrected chi connectivity index (χ0v) is 8.08. The van der Waals surface area contributed by atoms with Crippen LogP contribution in [0.25, 0.3) is 0 Å². The number of nitriles is 1. The van der Waals surface area contributed by atoms with Crippen molar-refractivity contribution in [3.05, 3.63) is 33.2 Å². The summed E-state index contributed by atoms with van der Waals surface area (Å²) in [5.74, 6) is -0.955. The Balaban J connectivity index is 3.47. The zero-order chi connectivity index (χ0) is 12.3. The van der Waals surface area contributed by atoms with Crippen molar-refractivity contribution < 1.29 is 18.3 Å². The number of alkyl halides is 2. The van der Waals surface area contributed by atoms with Crippen molar-refractivity contribution in [2.75, 3.05) is 7.11 Å². The van der Waals surface area contributed by atoms with Crippen LogP contribution in [0.3, 0.4) is 0 Å². The van der Waals surface area contributed by atoms with Gasteiger partial charge < -0.3 is 9.72 Å². The van der Waals surface area contributed by atoms with Crippen molar-refractivity contribution in [1.82, 2.24) is 4.98 Å². The second kappa shape index (κ2) is 4.53. The smallest absolute Gasteiger partial charge is 0.354 e. The number of methoxy groups -OCH3 is 1. The molecule has 0 fully saturated rings. The number of hydrogen-bond donors (Lipinski definition) is 1. The Morgan fingerprint density at radius 3 is 2.69 bits per heavy atom. The standard InChI is InChI=1S/C9H6F2N2O3/c1-16-9(15)6-2-4(7(10)11)5(3-12)8(14)13-6/h2,7H,1H3,(H,13,14). The molecule has 0 aliphatic rings. The third-order valence-electron chi connectivity index (χ3n) is 1.82. The van der Waals surface area contributed by atoms with Crippen molar-refractivity contribution in [3.63, 3.8) is 0 Å². The molecule has 1 heterocycles. The minimum Gasteiger partial charge on any atom is -0.464 e. The molecule has 5 nitrogen and oxygen atoms in total. The monoisotopic (exact) mass is 228 g/mol. The van der Waals surface area contributed by atoms with E-state index < -0.39 is 34.8 Å². The average Bonchev–Trinajstić information content (AvgIpc) is 2.26. The van der Waals surface area contributed by atoms with Crippen LogP contribution in [0.5, 0.6) is 0 Å². The summed E-state index contributed by atoms with van der Waals surface area (Å²) in [6.07, 6.45) is -3.01. The van der Waals surface area contributed by atoms with Crippen LogP contribution in [0, 0.1) is 11.3 Å². The first-order valence-corrected chi connectivity index (χ1v) is 4.05. The van der Waals surface area contributed by atoms with Crippen LogP contribution in [-0.2, 0) is 4.74 Å². The summed E-state index contributed by atoms with van der Waals surface area (Å²) in [7, 11) is 1.04. The molecule has 0 aromatic carbocycles. The van der Waals surface area contributed by atoms with E-state index >= 15 is 0 Å². The van der Waals surface area contributed by atoms with Crippen molar-refractivity contribution in [2.24, 2.45) is 0 Å². The van der Waals surface area contributed by atoms with Gasteiger partial charge in [-0.1, -0.05) is 0 Å². The summed E-state index contributed by atoms with van der Waals surface area (Å²) in [6.45, 7) is 0. The third kappa shape index (κ3) is 2.06. The highest BCUT2D eigenvalue weighted by molar-refractivity contribution is 5.87. The highest BCUT2D eigenvalue weighted by atomic mass is 19.3. The van der Waals surface area contributed by atoms with Gasteiger partial charge in [0.15, 0.2) is 0 Å². The molecule has 7 heteroatoms. The first kappa shape index (κ1) is 11.8. The summed E-state index contributed by atoms with van der Waals surface area (Å²) >= 11 is 0. The maximum absolute atomic E-state index is 12.5. The Morgan fingerprint density at radius 2 is 2.25 bits per heavy atom. The molecule has 0 aliphatic heterocycles. The average molecular weight is 228 g/mol. The lowest BCUT2D eigenvalue weighted by Crippen LogP contribution is -2.19. The number of carbonyl (C=O) groups excluding carboxylic acids is 1. The molecule has 0 saturated carbocycles. The highest BCUT2D eigenvalue weighted by Gasteiger charge is 2.20. The number of halogens is 2. The minimum atomic E-state index is -3.01. The quantitative estimate of drug-likeness (QED) is 0.764. The summed E-state index contributed by atoms with van der Waals surface area (Å²) < 4.78 is 29.2. The van der Waals surface area contributed by atoms with E-state index in [2.05, 4.69) is 4.74 Å². The van der Waals surface area contributed by atoms with Gasteiger partial charge in [-0.05, 0) is 6.07 Å². The van der Waals surface area contributed by atoms with E-state index in [4.69, 9.17) is 5.26 Å². The molecule has 1 N–H and O–H groups in total. The zero-order valence-electron chi connectivity index (χ0n) is 8.08. The van der Waals surface area contributed by atoms with Crippen molar-refractivity contribution in [3.8, 4) is 6.07 Å². The minimum absolute atomic E-state index is 0.415. The number of pyridine rings is 1. The van der Waals surface area contributed by atoms with Crippen LogP contribution in [0.1, 0.15) is 28.0 Å². The number of hydrogen-bond acceptors (Lipinski definition) is 4. The molecular formula is C9H6F2N2O3. The van der Waals surface area contributed by atoms with Crippen LogP contribution < -0.4 is 5.56 Å². The predicted octanol–water partition coefficient (Wildman–Crippen LogP) is 0.971. The number of esters is 1. The van der Waals surface area contributed by atoms with Crippen LogP contribution in [0.4, 0.5) is 8.78 Å². The first-order valence-electron chi connectivity index (χ1n) is 4.05. The van der Waals surface area contributed by atoms with Gasteiger partial charge in [0.1, 0.15) is 17.3 Å². The van der Waals surface area contributed by atoms with Gasteiger partial charge in [0.2, 0.25) is 0 Å². The van der Waals surface area contributed by atoms with E-state index in [1.807, 2.05) is 4.98 Å². The maximum atomic E-state index is 12.5.